The van der Waals surface area contributed by atoms with Gasteiger partial charge in [0.25, 0.3) is 0 Å². The van der Waals surface area contributed by atoms with Gasteiger partial charge in [0, 0.05) is 12.3 Å². The van der Waals surface area contributed by atoms with E-state index in [0.717, 1.165) is 12.3 Å². The SMILES string of the molecule is CSCCNC1c2ccccc2-c2ccccc21. The molecule has 0 amide bonds. The first kappa shape index (κ1) is 11.8. The summed E-state index contributed by atoms with van der Waals surface area (Å²) < 4.78 is 0. The first-order valence-electron chi connectivity index (χ1n) is 6.32. The van der Waals surface area contributed by atoms with Crippen LogP contribution in [0.4, 0.5) is 0 Å². The summed E-state index contributed by atoms with van der Waals surface area (Å²) in [7, 11) is 0. The molecular formula is C16H17NS. The summed E-state index contributed by atoms with van der Waals surface area (Å²) in [5.74, 6) is 1.15. The predicted octanol–water partition coefficient (Wildman–Crippen LogP) is 3.71. The lowest BCUT2D eigenvalue weighted by molar-refractivity contribution is 0.646. The minimum Gasteiger partial charge on any atom is -0.305 e. The highest BCUT2D eigenvalue weighted by atomic mass is 32.2. The van der Waals surface area contributed by atoms with Gasteiger partial charge < -0.3 is 5.32 Å². The van der Waals surface area contributed by atoms with Gasteiger partial charge in [-0.1, -0.05) is 48.5 Å². The van der Waals surface area contributed by atoms with Crippen LogP contribution in [-0.2, 0) is 0 Å². The van der Waals surface area contributed by atoms with Crippen LogP contribution in [0.3, 0.4) is 0 Å². The van der Waals surface area contributed by atoms with Gasteiger partial charge in [-0.2, -0.15) is 11.8 Å². The van der Waals surface area contributed by atoms with Crippen molar-refractivity contribution in [2.24, 2.45) is 0 Å². The van der Waals surface area contributed by atoms with Crippen LogP contribution >= 0.6 is 11.8 Å². The second kappa shape index (κ2) is 5.17. The highest BCUT2D eigenvalue weighted by molar-refractivity contribution is 7.98. The fraction of sp³-hybridized carbons (Fsp3) is 0.250. The van der Waals surface area contributed by atoms with E-state index < -0.39 is 0 Å². The lowest BCUT2D eigenvalue weighted by Crippen LogP contribution is -2.23. The quantitative estimate of drug-likeness (QED) is 0.836. The van der Waals surface area contributed by atoms with E-state index in [2.05, 4.69) is 60.1 Å². The molecule has 0 saturated carbocycles. The molecule has 0 radical (unpaired) electrons. The number of benzene rings is 2. The number of rotatable bonds is 4. The molecule has 2 aromatic rings. The smallest absolute Gasteiger partial charge is 0.0589 e. The van der Waals surface area contributed by atoms with Gasteiger partial charge in [-0.05, 0) is 28.5 Å². The van der Waals surface area contributed by atoms with E-state index in [0.29, 0.717) is 6.04 Å². The van der Waals surface area contributed by atoms with Crippen molar-refractivity contribution in [3.8, 4) is 11.1 Å². The highest BCUT2D eigenvalue weighted by Crippen LogP contribution is 2.42. The number of hydrogen-bond acceptors (Lipinski definition) is 2. The zero-order chi connectivity index (χ0) is 12.4. The van der Waals surface area contributed by atoms with Crippen molar-refractivity contribution in [2.45, 2.75) is 6.04 Å². The van der Waals surface area contributed by atoms with Gasteiger partial charge in [0.2, 0.25) is 0 Å². The summed E-state index contributed by atoms with van der Waals surface area (Å²) in [6.45, 7) is 1.05. The van der Waals surface area contributed by atoms with Crippen molar-refractivity contribution in [1.82, 2.24) is 5.32 Å². The molecule has 1 aliphatic carbocycles. The third kappa shape index (κ3) is 1.96. The molecule has 0 aromatic heterocycles. The van der Waals surface area contributed by atoms with E-state index in [-0.39, 0.29) is 0 Å². The van der Waals surface area contributed by atoms with Crippen LogP contribution in [0.2, 0.25) is 0 Å². The van der Waals surface area contributed by atoms with E-state index in [1.165, 1.54) is 22.3 Å². The Kier molecular flexibility index (Phi) is 3.39. The Bertz CT molecular complexity index is 505. The van der Waals surface area contributed by atoms with Crippen LogP contribution in [0.5, 0.6) is 0 Å². The van der Waals surface area contributed by atoms with Crippen LogP contribution < -0.4 is 5.32 Å². The summed E-state index contributed by atoms with van der Waals surface area (Å²) >= 11 is 1.89. The maximum absolute atomic E-state index is 3.67. The standard InChI is InChI=1S/C16H17NS/c1-18-11-10-17-16-14-8-4-2-6-12(14)13-7-3-5-9-15(13)16/h2-9,16-17H,10-11H2,1H3. The van der Waals surface area contributed by atoms with Crippen LogP contribution in [-0.4, -0.2) is 18.6 Å². The van der Waals surface area contributed by atoms with E-state index in [4.69, 9.17) is 0 Å². The average Bonchev–Trinajstić information content (AvgIpc) is 2.74. The lowest BCUT2D eigenvalue weighted by atomic mass is 10.1. The Balaban J connectivity index is 1.98. The Labute approximate surface area is 113 Å². The summed E-state index contributed by atoms with van der Waals surface area (Å²) in [6, 6.07) is 17.8. The molecule has 0 saturated heterocycles. The molecule has 0 atom stereocenters. The topological polar surface area (TPSA) is 12.0 Å². The molecule has 0 fully saturated rings. The molecule has 92 valence electrons. The third-order valence-corrected chi connectivity index (χ3v) is 4.10. The molecule has 0 spiro atoms. The molecule has 2 aromatic carbocycles. The first-order chi connectivity index (χ1) is 8.92. The van der Waals surface area contributed by atoms with Crippen LogP contribution in [0.1, 0.15) is 17.2 Å². The molecule has 0 bridgehead atoms. The van der Waals surface area contributed by atoms with Gasteiger partial charge in [-0.15, -0.1) is 0 Å². The molecule has 0 aliphatic heterocycles. The summed E-state index contributed by atoms with van der Waals surface area (Å²) in [6.07, 6.45) is 2.15. The lowest BCUT2D eigenvalue weighted by Gasteiger charge is -2.15. The van der Waals surface area contributed by atoms with Gasteiger partial charge in [-0.25, -0.2) is 0 Å². The number of thioether (sulfide) groups is 1. The van der Waals surface area contributed by atoms with Gasteiger partial charge in [0.15, 0.2) is 0 Å². The molecular weight excluding hydrogens is 238 g/mol. The number of fused-ring (bicyclic) bond motifs is 3. The van der Waals surface area contributed by atoms with Crippen LogP contribution in [0, 0.1) is 0 Å². The number of hydrogen-bond donors (Lipinski definition) is 1. The predicted molar refractivity (Wildman–Crippen MR) is 80.1 cm³/mol. The molecule has 1 N–H and O–H groups in total. The minimum atomic E-state index is 0.365. The molecule has 18 heavy (non-hydrogen) atoms. The van der Waals surface area contributed by atoms with Crippen molar-refractivity contribution in [3.63, 3.8) is 0 Å². The molecule has 3 rings (SSSR count). The first-order valence-corrected chi connectivity index (χ1v) is 7.72. The van der Waals surface area contributed by atoms with Crippen molar-refractivity contribution < 1.29 is 0 Å². The zero-order valence-electron chi connectivity index (χ0n) is 10.5. The summed E-state index contributed by atoms with van der Waals surface area (Å²) in [5.41, 5.74) is 5.60. The van der Waals surface area contributed by atoms with Gasteiger partial charge in [0.1, 0.15) is 0 Å². The second-order valence-corrected chi connectivity index (χ2v) is 5.54. The molecule has 1 aliphatic rings. The Morgan fingerprint density at radius 1 is 0.944 bits per heavy atom. The molecule has 1 nitrogen and oxygen atoms in total. The maximum atomic E-state index is 3.67. The van der Waals surface area contributed by atoms with Crippen LogP contribution in [0.15, 0.2) is 48.5 Å². The highest BCUT2D eigenvalue weighted by Gasteiger charge is 2.26. The average molecular weight is 255 g/mol. The monoisotopic (exact) mass is 255 g/mol. The Morgan fingerprint density at radius 3 is 2.06 bits per heavy atom. The van der Waals surface area contributed by atoms with E-state index in [1.807, 2.05) is 11.8 Å². The van der Waals surface area contributed by atoms with E-state index in [9.17, 15) is 0 Å². The Morgan fingerprint density at radius 2 is 1.50 bits per heavy atom. The molecule has 0 unspecified atom stereocenters. The van der Waals surface area contributed by atoms with E-state index in [1.54, 1.807) is 0 Å². The zero-order valence-corrected chi connectivity index (χ0v) is 11.3. The van der Waals surface area contributed by atoms with Crippen molar-refractivity contribution in [3.05, 3.63) is 59.7 Å². The molecule has 0 heterocycles. The normalized spacial score (nSPS) is 13.4. The largest absolute Gasteiger partial charge is 0.305 e. The summed E-state index contributed by atoms with van der Waals surface area (Å²) in [5, 5.41) is 3.67. The molecule has 2 heteroatoms. The van der Waals surface area contributed by atoms with Crippen LogP contribution in [0.25, 0.3) is 11.1 Å². The fourth-order valence-corrected chi connectivity index (χ4v) is 3.00. The Hall–Kier alpha value is -1.25. The van der Waals surface area contributed by atoms with Gasteiger partial charge in [-0.3, -0.25) is 0 Å². The van der Waals surface area contributed by atoms with Gasteiger partial charge in [0.05, 0.1) is 6.04 Å². The second-order valence-electron chi connectivity index (χ2n) is 4.55. The minimum absolute atomic E-state index is 0.365. The maximum Gasteiger partial charge on any atom is 0.0589 e. The third-order valence-electron chi connectivity index (χ3n) is 3.49. The van der Waals surface area contributed by atoms with Crippen molar-refractivity contribution in [2.75, 3.05) is 18.6 Å². The number of nitrogens with one attached hydrogen (secondary N) is 1. The van der Waals surface area contributed by atoms with E-state index >= 15 is 0 Å². The van der Waals surface area contributed by atoms with Crippen molar-refractivity contribution >= 4 is 11.8 Å². The van der Waals surface area contributed by atoms with Crippen molar-refractivity contribution in [1.29, 1.82) is 0 Å². The summed E-state index contributed by atoms with van der Waals surface area (Å²) in [4.78, 5) is 0. The fourth-order valence-electron chi connectivity index (χ4n) is 2.68. The van der Waals surface area contributed by atoms with Gasteiger partial charge >= 0.3 is 0 Å².